The summed E-state index contributed by atoms with van der Waals surface area (Å²) >= 11 is 3.06. The molecule has 68 valence electrons. The van der Waals surface area contributed by atoms with Crippen LogP contribution in [0.1, 0.15) is 5.56 Å². The fourth-order valence-corrected chi connectivity index (χ4v) is 0.987. The van der Waals surface area contributed by atoms with Crippen molar-refractivity contribution in [2.75, 3.05) is 11.1 Å². The molecule has 0 amide bonds. The molecule has 0 bridgehead atoms. The van der Waals surface area contributed by atoms with E-state index in [1.807, 2.05) is 0 Å². The fourth-order valence-electron chi connectivity index (χ4n) is 0.847. The molecule has 1 aromatic rings. The van der Waals surface area contributed by atoms with Gasteiger partial charge in [-0.3, -0.25) is 0 Å². The van der Waals surface area contributed by atoms with Crippen molar-refractivity contribution in [2.24, 2.45) is 0 Å². The van der Waals surface area contributed by atoms with Gasteiger partial charge in [-0.1, -0.05) is 27.8 Å². The molecule has 4 heteroatoms. The Morgan fingerprint density at radius 3 is 2.62 bits per heavy atom. The Balaban J connectivity index is 3.21. The SMILES string of the molecule is Nc1cc(F)cc(F)c1C#CCBr. The molecular formula is C9H6BrF2N. The lowest BCUT2D eigenvalue weighted by Crippen LogP contribution is -1.95. The molecule has 0 atom stereocenters. The maximum Gasteiger partial charge on any atom is 0.143 e. The van der Waals surface area contributed by atoms with Crippen LogP contribution in [-0.4, -0.2) is 5.33 Å². The molecular weight excluding hydrogens is 240 g/mol. The molecule has 0 aliphatic heterocycles. The van der Waals surface area contributed by atoms with Gasteiger partial charge in [-0.05, 0) is 6.07 Å². The molecule has 0 aromatic heterocycles. The first-order valence-corrected chi connectivity index (χ1v) is 4.56. The van der Waals surface area contributed by atoms with Crippen molar-refractivity contribution in [3.8, 4) is 11.8 Å². The Hall–Kier alpha value is -1.08. The highest BCUT2D eigenvalue weighted by Crippen LogP contribution is 2.16. The minimum absolute atomic E-state index is 0.0194. The number of nitrogen functional groups attached to an aromatic ring is 1. The van der Waals surface area contributed by atoms with Gasteiger partial charge in [-0.2, -0.15) is 0 Å². The van der Waals surface area contributed by atoms with Crippen molar-refractivity contribution in [2.45, 2.75) is 0 Å². The van der Waals surface area contributed by atoms with Crippen LogP contribution in [0, 0.1) is 23.5 Å². The van der Waals surface area contributed by atoms with Crippen LogP contribution in [-0.2, 0) is 0 Å². The molecule has 1 rings (SSSR count). The Kier molecular flexibility index (Phi) is 3.26. The Labute approximate surface area is 83.1 Å². The second-order valence-electron chi connectivity index (χ2n) is 2.29. The number of hydrogen-bond acceptors (Lipinski definition) is 1. The highest BCUT2D eigenvalue weighted by Gasteiger charge is 2.05. The largest absolute Gasteiger partial charge is 0.398 e. The molecule has 0 saturated heterocycles. The number of rotatable bonds is 0. The first kappa shape index (κ1) is 10.0. The maximum absolute atomic E-state index is 13.0. The molecule has 0 unspecified atom stereocenters. The third kappa shape index (κ3) is 2.43. The average Bonchev–Trinajstić information content (AvgIpc) is 2.02. The number of halogens is 3. The normalized spacial score (nSPS) is 9.15. The molecule has 13 heavy (non-hydrogen) atoms. The lowest BCUT2D eigenvalue weighted by Gasteiger charge is -1.99. The topological polar surface area (TPSA) is 26.0 Å². The van der Waals surface area contributed by atoms with E-state index in [4.69, 9.17) is 5.73 Å². The van der Waals surface area contributed by atoms with E-state index in [1.165, 1.54) is 0 Å². The first-order valence-electron chi connectivity index (χ1n) is 3.44. The quantitative estimate of drug-likeness (QED) is 0.424. The van der Waals surface area contributed by atoms with Gasteiger partial charge in [-0.25, -0.2) is 8.78 Å². The van der Waals surface area contributed by atoms with Gasteiger partial charge in [0.1, 0.15) is 11.6 Å². The molecule has 0 saturated carbocycles. The zero-order chi connectivity index (χ0) is 9.84. The van der Waals surface area contributed by atoms with Crippen molar-refractivity contribution >= 4 is 21.6 Å². The molecule has 0 aliphatic carbocycles. The fraction of sp³-hybridized carbons (Fsp3) is 0.111. The third-order valence-electron chi connectivity index (χ3n) is 1.37. The summed E-state index contributed by atoms with van der Waals surface area (Å²) in [7, 11) is 0. The zero-order valence-corrected chi connectivity index (χ0v) is 8.16. The van der Waals surface area contributed by atoms with Crippen molar-refractivity contribution in [1.29, 1.82) is 0 Å². The molecule has 0 aliphatic rings. The standard InChI is InChI=1S/C9H6BrF2N/c10-3-1-2-7-8(12)4-6(11)5-9(7)13/h4-5H,3,13H2. The van der Waals surface area contributed by atoms with Crippen LogP contribution in [0.2, 0.25) is 0 Å². The van der Waals surface area contributed by atoms with Gasteiger partial charge < -0.3 is 5.73 Å². The van der Waals surface area contributed by atoms with Crippen molar-refractivity contribution in [3.63, 3.8) is 0 Å². The number of nitrogens with two attached hydrogens (primary N) is 1. The van der Waals surface area contributed by atoms with Crippen LogP contribution in [0.15, 0.2) is 12.1 Å². The predicted molar refractivity (Wildman–Crippen MR) is 51.4 cm³/mol. The van der Waals surface area contributed by atoms with Gasteiger partial charge in [-0.15, -0.1) is 0 Å². The monoisotopic (exact) mass is 245 g/mol. The molecule has 1 aromatic carbocycles. The maximum atomic E-state index is 13.0. The van der Waals surface area contributed by atoms with E-state index in [-0.39, 0.29) is 11.3 Å². The van der Waals surface area contributed by atoms with Gasteiger partial charge in [0.15, 0.2) is 0 Å². The van der Waals surface area contributed by atoms with Crippen LogP contribution in [0.4, 0.5) is 14.5 Å². The predicted octanol–water partition coefficient (Wildman–Crippen LogP) is 2.29. The lowest BCUT2D eigenvalue weighted by molar-refractivity contribution is 0.582. The summed E-state index contributed by atoms with van der Waals surface area (Å²) in [5, 5.41) is 0.420. The summed E-state index contributed by atoms with van der Waals surface area (Å²) in [5.74, 6) is 3.66. The van der Waals surface area contributed by atoms with E-state index in [2.05, 4.69) is 27.8 Å². The summed E-state index contributed by atoms with van der Waals surface area (Å²) < 4.78 is 25.5. The van der Waals surface area contributed by atoms with E-state index < -0.39 is 11.6 Å². The molecule has 0 heterocycles. The first-order chi connectivity index (χ1) is 6.15. The molecule has 2 N–H and O–H groups in total. The minimum atomic E-state index is -0.731. The smallest absolute Gasteiger partial charge is 0.143 e. The van der Waals surface area contributed by atoms with Crippen LogP contribution >= 0.6 is 15.9 Å². The lowest BCUT2D eigenvalue weighted by atomic mass is 10.1. The number of anilines is 1. The van der Waals surface area contributed by atoms with Crippen LogP contribution < -0.4 is 5.73 Å². The van der Waals surface area contributed by atoms with Crippen LogP contribution in [0.25, 0.3) is 0 Å². The summed E-state index contributed by atoms with van der Waals surface area (Å²) in [4.78, 5) is 0. The van der Waals surface area contributed by atoms with E-state index in [0.29, 0.717) is 5.33 Å². The molecule has 0 spiro atoms. The Bertz CT molecular complexity index is 356. The van der Waals surface area contributed by atoms with Gasteiger partial charge in [0.2, 0.25) is 0 Å². The van der Waals surface area contributed by atoms with Crippen LogP contribution in [0.3, 0.4) is 0 Å². The number of alkyl halides is 1. The van der Waals surface area contributed by atoms with Gasteiger partial charge in [0.25, 0.3) is 0 Å². The second-order valence-corrected chi connectivity index (χ2v) is 2.85. The molecule has 0 fully saturated rings. The van der Waals surface area contributed by atoms with E-state index in [9.17, 15) is 8.78 Å². The average molecular weight is 246 g/mol. The number of benzene rings is 1. The summed E-state index contributed by atoms with van der Waals surface area (Å²) in [5.41, 5.74) is 5.43. The van der Waals surface area contributed by atoms with Gasteiger partial charge >= 0.3 is 0 Å². The van der Waals surface area contributed by atoms with Gasteiger partial charge in [0.05, 0.1) is 16.6 Å². The van der Waals surface area contributed by atoms with Crippen molar-refractivity contribution < 1.29 is 8.78 Å². The summed E-state index contributed by atoms with van der Waals surface area (Å²) in [6, 6.07) is 1.80. The minimum Gasteiger partial charge on any atom is -0.398 e. The highest BCUT2D eigenvalue weighted by molar-refractivity contribution is 9.09. The highest BCUT2D eigenvalue weighted by atomic mass is 79.9. The zero-order valence-electron chi connectivity index (χ0n) is 6.57. The van der Waals surface area contributed by atoms with Crippen LogP contribution in [0.5, 0.6) is 0 Å². The van der Waals surface area contributed by atoms with Crippen molar-refractivity contribution in [1.82, 2.24) is 0 Å². The summed E-state index contributed by atoms with van der Waals surface area (Å²) in [6.07, 6.45) is 0. The molecule has 1 nitrogen and oxygen atoms in total. The van der Waals surface area contributed by atoms with E-state index in [0.717, 1.165) is 12.1 Å². The number of hydrogen-bond donors (Lipinski definition) is 1. The van der Waals surface area contributed by atoms with Crippen molar-refractivity contribution in [3.05, 3.63) is 29.3 Å². The van der Waals surface area contributed by atoms with E-state index in [1.54, 1.807) is 0 Å². The van der Waals surface area contributed by atoms with E-state index >= 15 is 0 Å². The Morgan fingerprint density at radius 1 is 1.38 bits per heavy atom. The third-order valence-corrected chi connectivity index (χ3v) is 1.65. The molecule has 0 radical (unpaired) electrons. The van der Waals surface area contributed by atoms with Gasteiger partial charge in [0, 0.05) is 6.07 Å². The second kappa shape index (κ2) is 4.24. The Morgan fingerprint density at radius 2 is 2.08 bits per heavy atom. The summed E-state index contributed by atoms with van der Waals surface area (Å²) in [6.45, 7) is 0.